The fourth-order valence-electron chi connectivity index (χ4n) is 6.10. The van der Waals surface area contributed by atoms with Crippen molar-refractivity contribution < 1.29 is 44.4 Å². The maximum absolute atomic E-state index is 14.0. The normalized spacial score (nSPS) is 25.4. The molecule has 0 aliphatic heterocycles. The summed E-state index contributed by atoms with van der Waals surface area (Å²) in [6, 6.07) is -0.800. The van der Waals surface area contributed by atoms with Gasteiger partial charge in [-0.1, -0.05) is 0 Å². The van der Waals surface area contributed by atoms with Gasteiger partial charge in [-0.25, -0.2) is 4.79 Å². The summed E-state index contributed by atoms with van der Waals surface area (Å²) < 4.78 is 0. The van der Waals surface area contributed by atoms with Gasteiger partial charge in [0.25, 0.3) is 5.91 Å². The number of hydrogen-bond donors (Lipinski definition) is 7. The van der Waals surface area contributed by atoms with Crippen LogP contribution in [0.4, 0.5) is 16.2 Å². The standard InChI is InChI=1S/C26H30ClN5O9/c1-31(2)13-7-12(29-25(40)30-14(33)8-27)19(34)16-10(13)5-9-6-11-18(32(3)4)21(36)17(24(28)39)23(38)26(11,41)22(37)15(9)20(16)35/h7,9,11,18,34-35,38,41H,5-6,8H2,1-4H3,(H2,28,39)(H2,29,30,33,40)/t9-,11-,18-,26-/m0/s1. The number of halogens is 1. The summed E-state index contributed by atoms with van der Waals surface area (Å²) in [5, 5.41) is 49.5. The molecule has 1 saturated carbocycles. The summed E-state index contributed by atoms with van der Waals surface area (Å²) in [4.78, 5) is 66.1. The lowest BCUT2D eigenvalue weighted by Crippen LogP contribution is -2.65. The summed E-state index contributed by atoms with van der Waals surface area (Å²) in [6.07, 6.45) is -0.00480. The molecular formula is C26H30ClN5O9. The number of aromatic hydroxyl groups is 1. The van der Waals surface area contributed by atoms with Gasteiger partial charge in [-0.3, -0.25) is 29.4 Å². The quantitative estimate of drug-likeness (QED) is 0.136. The smallest absolute Gasteiger partial charge is 0.326 e. The van der Waals surface area contributed by atoms with E-state index in [4.69, 9.17) is 17.3 Å². The predicted molar refractivity (Wildman–Crippen MR) is 146 cm³/mol. The molecule has 8 N–H and O–H groups in total. The third-order valence-electron chi connectivity index (χ3n) is 7.80. The fourth-order valence-corrected chi connectivity index (χ4v) is 6.17. The third-order valence-corrected chi connectivity index (χ3v) is 8.04. The van der Waals surface area contributed by atoms with Gasteiger partial charge in [0.1, 0.15) is 23.0 Å². The number of aliphatic hydroxyl groups is 3. The summed E-state index contributed by atoms with van der Waals surface area (Å²) in [6.45, 7) is 0. The van der Waals surface area contributed by atoms with Crippen LogP contribution in [0.25, 0.3) is 5.76 Å². The number of aliphatic hydroxyl groups excluding tert-OH is 2. The number of nitrogens with zero attached hydrogens (tertiary/aromatic N) is 2. The molecule has 4 atom stereocenters. The minimum Gasteiger partial charge on any atom is -0.508 e. The minimum atomic E-state index is -2.78. The van der Waals surface area contributed by atoms with Gasteiger partial charge in [-0.2, -0.15) is 0 Å². The number of nitrogens with one attached hydrogen (secondary N) is 2. The second kappa shape index (κ2) is 10.4. The first kappa shape index (κ1) is 29.8. The molecule has 0 aromatic heterocycles. The van der Waals surface area contributed by atoms with Crippen molar-refractivity contribution in [3.05, 3.63) is 34.1 Å². The largest absolute Gasteiger partial charge is 0.508 e. The van der Waals surface area contributed by atoms with E-state index in [2.05, 4.69) is 5.32 Å². The molecule has 0 saturated heterocycles. The Balaban J connectivity index is 1.93. The van der Waals surface area contributed by atoms with E-state index >= 15 is 0 Å². The van der Waals surface area contributed by atoms with Crippen molar-refractivity contribution in [2.45, 2.75) is 24.5 Å². The molecule has 0 radical (unpaired) electrons. The van der Waals surface area contributed by atoms with Gasteiger partial charge in [0.05, 0.1) is 17.3 Å². The Hall–Kier alpha value is -4.14. The number of urea groups is 1. The van der Waals surface area contributed by atoms with Crippen LogP contribution in [0.15, 0.2) is 23.0 Å². The number of phenolic OH excluding ortho intramolecular Hbond substituents is 1. The molecule has 41 heavy (non-hydrogen) atoms. The van der Waals surface area contributed by atoms with Crippen LogP contribution in [0, 0.1) is 11.8 Å². The molecule has 14 nitrogen and oxygen atoms in total. The van der Waals surface area contributed by atoms with Crippen LogP contribution < -0.4 is 21.3 Å². The highest BCUT2D eigenvalue weighted by molar-refractivity contribution is 6.28. The number of hydrogen-bond acceptors (Lipinski definition) is 11. The van der Waals surface area contributed by atoms with E-state index in [0.717, 1.165) is 0 Å². The highest BCUT2D eigenvalue weighted by Gasteiger charge is 2.64. The van der Waals surface area contributed by atoms with Gasteiger partial charge in [0.15, 0.2) is 17.1 Å². The molecule has 0 heterocycles. The number of Topliss-reactive ketones (excluding diaryl/α,β-unsaturated/α-hetero) is 2. The highest BCUT2D eigenvalue weighted by Crippen LogP contribution is 2.54. The van der Waals surface area contributed by atoms with Crippen molar-refractivity contribution in [1.82, 2.24) is 10.2 Å². The monoisotopic (exact) mass is 591 g/mol. The van der Waals surface area contributed by atoms with Crippen LogP contribution in [-0.2, 0) is 25.6 Å². The van der Waals surface area contributed by atoms with Crippen molar-refractivity contribution in [3.8, 4) is 5.75 Å². The molecular weight excluding hydrogens is 562 g/mol. The molecule has 15 heteroatoms. The number of carbonyl (C=O) groups excluding carboxylic acids is 5. The molecule has 0 bridgehead atoms. The first-order chi connectivity index (χ1) is 19.1. The lowest BCUT2D eigenvalue weighted by Gasteiger charge is -2.50. The number of primary amides is 1. The van der Waals surface area contributed by atoms with Crippen LogP contribution in [0.2, 0.25) is 0 Å². The second-order valence-corrected chi connectivity index (χ2v) is 10.9. The number of benzene rings is 1. The van der Waals surface area contributed by atoms with E-state index in [1.165, 1.54) is 25.1 Å². The number of imide groups is 1. The van der Waals surface area contributed by atoms with E-state index in [1.807, 2.05) is 5.32 Å². The lowest BCUT2D eigenvalue weighted by molar-refractivity contribution is -0.153. The minimum absolute atomic E-state index is 0.0623. The molecule has 3 aliphatic rings. The van der Waals surface area contributed by atoms with E-state index in [1.54, 1.807) is 19.0 Å². The fraction of sp³-hybridized carbons (Fsp3) is 0.423. The Morgan fingerprint density at radius 2 is 1.78 bits per heavy atom. The Morgan fingerprint density at radius 3 is 2.32 bits per heavy atom. The zero-order valence-corrected chi connectivity index (χ0v) is 23.4. The summed E-state index contributed by atoms with van der Waals surface area (Å²) in [7, 11) is 6.37. The average molecular weight is 592 g/mol. The van der Waals surface area contributed by atoms with Crippen molar-refractivity contribution in [1.29, 1.82) is 0 Å². The number of amides is 4. The van der Waals surface area contributed by atoms with Crippen LogP contribution in [0.5, 0.6) is 5.75 Å². The molecule has 4 amide bonds. The molecule has 4 rings (SSSR count). The van der Waals surface area contributed by atoms with Gasteiger partial charge in [-0.15, -0.1) is 11.6 Å². The Bertz CT molecular complexity index is 1470. The molecule has 1 aromatic rings. The zero-order chi connectivity index (χ0) is 30.7. The SMILES string of the molecule is CN(C)c1cc(NC(=O)NC(=O)CCl)c(O)c2c1C[C@H]1C[C@H]3[C@H](N(C)C)C(=O)C(C(N)=O)=C(O)[C@@]3(O)C(=O)C1=C2O. The third kappa shape index (κ3) is 4.47. The zero-order valence-electron chi connectivity index (χ0n) is 22.6. The number of phenols is 1. The molecule has 1 aromatic carbocycles. The van der Waals surface area contributed by atoms with E-state index in [0.29, 0.717) is 11.3 Å². The summed E-state index contributed by atoms with van der Waals surface area (Å²) in [5.74, 6) is -9.15. The maximum Gasteiger partial charge on any atom is 0.326 e. The molecule has 3 aliphatic carbocycles. The Kier molecular flexibility index (Phi) is 7.54. The van der Waals surface area contributed by atoms with Crippen molar-refractivity contribution in [2.75, 3.05) is 44.3 Å². The molecule has 220 valence electrons. The highest BCUT2D eigenvalue weighted by atomic mass is 35.5. The molecule has 1 fully saturated rings. The number of anilines is 2. The number of fused-ring (bicyclic) bond motifs is 3. The summed E-state index contributed by atoms with van der Waals surface area (Å²) in [5.41, 5.74) is 1.73. The number of alkyl halides is 1. The second-order valence-electron chi connectivity index (χ2n) is 10.6. The molecule has 0 unspecified atom stereocenters. The first-order valence-corrected chi connectivity index (χ1v) is 13.0. The Morgan fingerprint density at radius 1 is 1.15 bits per heavy atom. The summed E-state index contributed by atoms with van der Waals surface area (Å²) >= 11 is 5.41. The number of rotatable bonds is 5. The average Bonchev–Trinajstić information content (AvgIpc) is 2.87. The number of ketones is 2. The van der Waals surface area contributed by atoms with Gasteiger partial charge in [-0.05, 0) is 44.5 Å². The van der Waals surface area contributed by atoms with Gasteiger partial charge in [0, 0.05) is 31.3 Å². The van der Waals surface area contributed by atoms with Crippen LogP contribution in [0.1, 0.15) is 17.5 Å². The topological polar surface area (TPSA) is 223 Å². The first-order valence-electron chi connectivity index (χ1n) is 12.5. The number of carbonyl (C=O) groups is 5. The van der Waals surface area contributed by atoms with Crippen molar-refractivity contribution >= 4 is 58.1 Å². The van der Waals surface area contributed by atoms with Gasteiger partial charge < -0.3 is 36.4 Å². The lowest BCUT2D eigenvalue weighted by atomic mass is 9.57. The van der Waals surface area contributed by atoms with Crippen LogP contribution >= 0.6 is 11.6 Å². The van der Waals surface area contributed by atoms with E-state index in [-0.39, 0.29) is 29.7 Å². The van der Waals surface area contributed by atoms with E-state index in [9.17, 15) is 44.4 Å². The van der Waals surface area contributed by atoms with Crippen LogP contribution in [0.3, 0.4) is 0 Å². The number of nitrogens with two attached hydrogens (primary N) is 1. The Labute approximate surface area is 239 Å². The molecule has 0 spiro atoms. The predicted octanol–water partition coefficient (Wildman–Crippen LogP) is -0.0831. The number of likely N-dealkylation sites (N-methyl/N-ethyl adjacent to an activating group) is 1. The van der Waals surface area contributed by atoms with Crippen molar-refractivity contribution in [3.63, 3.8) is 0 Å². The van der Waals surface area contributed by atoms with Crippen LogP contribution in [-0.4, -0.2) is 100 Å². The van der Waals surface area contributed by atoms with Gasteiger partial charge >= 0.3 is 6.03 Å². The van der Waals surface area contributed by atoms with Crippen molar-refractivity contribution in [2.24, 2.45) is 17.6 Å². The van der Waals surface area contributed by atoms with Gasteiger partial charge in [0.2, 0.25) is 11.7 Å². The van der Waals surface area contributed by atoms with E-state index < -0.39 is 81.6 Å². The maximum atomic E-state index is 14.0.